The molecular weight excluding hydrogens is 977 g/mol. The van der Waals surface area contributed by atoms with Crippen LogP contribution in [-0.2, 0) is 6.42 Å². The molecule has 0 atom stereocenters. The third-order valence-electron chi connectivity index (χ3n) is 17.2. The van der Waals surface area contributed by atoms with Crippen molar-refractivity contribution in [3.05, 3.63) is 254 Å². The van der Waals surface area contributed by atoms with Crippen LogP contribution >= 0.6 is 22.7 Å². The van der Waals surface area contributed by atoms with Crippen LogP contribution in [0.3, 0.4) is 0 Å². The molecule has 17 aromatic rings. The van der Waals surface area contributed by atoms with Gasteiger partial charge in [0.25, 0.3) is 0 Å². The van der Waals surface area contributed by atoms with E-state index in [2.05, 4.69) is 256 Å². The average molecular weight is 1020 g/mol. The van der Waals surface area contributed by atoms with Gasteiger partial charge in [-0.2, -0.15) is 0 Å². The van der Waals surface area contributed by atoms with Crippen molar-refractivity contribution in [1.29, 1.82) is 0 Å². The molecule has 0 nitrogen and oxygen atoms in total. The minimum Gasteiger partial charge on any atom is -0.135 e. The predicted molar refractivity (Wildman–Crippen MR) is 343 cm³/mol. The van der Waals surface area contributed by atoms with Gasteiger partial charge in [0.1, 0.15) is 0 Å². The highest BCUT2D eigenvalue weighted by Gasteiger charge is 2.27. The standard InChI is InChI=1S/C76H46S2/c1-2-47-48-24-7-6-23-45(48)41-63-49-35-20-36-52(51(49)40-39-50(47)63)70-57-29-12-14-31-59(57)72(60-32-15-13-30-58(60)70)65-43-46-42-64(71-55-27-10-8-25-53(55)68(44-21-4-3-5-22-44)54-26-9-11-28-56(54)71)75-73(61-33-16-18-37-66(61)77-75)69(46)74-62-34-17-19-38-67(62)78-76(65)74/h3-43H,2H2,1H3. The highest BCUT2D eigenvalue weighted by molar-refractivity contribution is 7.27. The summed E-state index contributed by atoms with van der Waals surface area (Å²) in [4.78, 5) is 0. The largest absolute Gasteiger partial charge is 0.135 e. The lowest BCUT2D eigenvalue weighted by atomic mass is 9.82. The van der Waals surface area contributed by atoms with Gasteiger partial charge in [-0.1, -0.05) is 225 Å². The average Bonchev–Trinajstić information content (AvgIpc) is 4.28. The normalized spacial score (nSPS) is 12.2. The molecule has 0 N–H and O–H groups in total. The second kappa shape index (κ2) is 16.9. The Hall–Kier alpha value is -9.18. The Morgan fingerprint density at radius 3 is 1.18 bits per heavy atom. The SMILES string of the molecule is CCc1c2ccccc2cc2c1ccc1c(-c3c4ccccc4c(-c4cc5cc(-c6c7ccccc7c(-c7ccccc7)c7ccccc67)c6sc7ccccc7c6c5c5c4sc4ccccc45)c4ccccc34)cccc12. The van der Waals surface area contributed by atoms with Crippen molar-refractivity contribution in [1.82, 2.24) is 0 Å². The van der Waals surface area contributed by atoms with Gasteiger partial charge in [0.2, 0.25) is 0 Å². The maximum atomic E-state index is 2.58. The Bertz CT molecular complexity index is 5310. The monoisotopic (exact) mass is 1020 g/mol. The third kappa shape index (κ3) is 6.16. The van der Waals surface area contributed by atoms with Crippen molar-refractivity contribution in [2.75, 3.05) is 0 Å². The van der Waals surface area contributed by atoms with E-state index in [4.69, 9.17) is 0 Å². The third-order valence-corrected chi connectivity index (χ3v) is 19.6. The molecule has 2 heterocycles. The first-order chi connectivity index (χ1) is 38.7. The fourth-order valence-electron chi connectivity index (χ4n) is 14.0. The number of hydrogen-bond acceptors (Lipinski definition) is 2. The van der Waals surface area contributed by atoms with E-state index in [1.54, 1.807) is 0 Å². The number of benzene rings is 15. The molecule has 0 aliphatic carbocycles. The zero-order valence-corrected chi connectivity index (χ0v) is 44.3. The van der Waals surface area contributed by atoms with Crippen molar-refractivity contribution < 1.29 is 0 Å². The number of fused-ring (bicyclic) bond motifs is 17. The maximum Gasteiger partial charge on any atom is 0.0440 e. The minimum atomic E-state index is 0.980. The van der Waals surface area contributed by atoms with E-state index in [-0.39, 0.29) is 0 Å². The van der Waals surface area contributed by atoms with Gasteiger partial charge in [-0.15, -0.1) is 22.7 Å². The van der Waals surface area contributed by atoms with Crippen LogP contribution in [0.4, 0.5) is 0 Å². The molecule has 0 radical (unpaired) electrons. The van der Waals surface area contributed by atoms with Gasteiger partial charge >= 0.3 is 0 Å². The fraction of sp³-hybridized carbons (Fsp3) is 0.0263. The van der Waals surface area contributed by atoms with Crippen LogP contribution in [0.2, 0.25) is 0 Å². The topological polar surface area (TPSA) is 0 Å². The van der Waals surface area contributed by atoms with Gasteiger partial charge in [0.15, 0.2) is 0 Å². The van der Waals surface area contributed by atoms with Crippen LogP contribution < -0.4 is 0 Å². The van der Waals surface area contributed by atoms with Crippen molar-refractivity contribution in [3.8, 4) is 44.5 Å². The molecule has 0 saturated heterocycles. The van der Waals surface area contributed by atoms with Crippen LogP contribution in [-0.4, -0.2) is 0 Å². The molecular formula is C76H46S2. The summed E-state index contributed by atoms with van der Waals surface area (Å²) in [6.07, 6.45) is 0.980. The summed E-state index contributed by atoms with van der Waals surface area (Å²) < 4.78 is 5.27. The molecule has 0 bridgehead atoms. The summed E-state index contributed by atoms with van der Waals surface area (Å²) in [5.74, 6) is 0. The summed E-state index contributed by atoms with van der Waals surface area (Å²) in [7, 11) is 0. The molecule has 362 valence electrons. The molecule has 78 heavy (non-hydrogen) atoms. The van der Waals surface area contributed by atoms with Gasteiger partial charge in [-0.3, -0.25) is 0 Å². The number of aryl methyl sites for hydroxylation is 1. The zero-order valence-electron chi connectivity index (χ0n) is 42.7. The van der Waals surface area contributed by atoms with Gasteiger partial charge in [0, 0.05) is 56.9 Å². The van der Waals surface area contributed by atoms with Crippen molar-refractivity contribution in [3.63, 3.8) is 0 Å². The molecule has 0 aliphatic heterocycles. The summed E-state index contributed by atoms with van der Waals surface area (Å²) in [6, 6.07) is 94.2. The molecule has 0 fully saturated rings. The van der Waals surface area contributed by atoms with E-state index >= 15 is 0 Å². The van der Waals surface area contributed by atoms with Gasteiger partial charge in [0.05, 0.1) is 0 Å². The quantitative estimate of drug-likeness (QED) is 0.119. The van der Waals surface area contributed by atoms with E-state index in [9.17, 15) is 0 Å². The molecule has 0 spiro atoms. The second-order valence-electron chi connectivity index (χ2n) is 21.1. The van der Waals surface area contributed by atoms with Crippen molar-refractivity contribution in [2.24, 2.45) is 0 Å². The Morgan fingerprint density at radius 1 is 0.256 bits per heavy atom. The van der Waals surface area contributed by atoms with Crippen LogP contribution in [0.1, 0.15) is 12.5 Å². The van der Waals surface area contributed by atoms with E-state index in [1.807, 2.05) is 22.7 Å². The van der Waals surface area contributed by atoms with E-state index in [1.165, 1.54) is 177 Å². The first kappa shape index (κ1) is 44.0. The molecule has 17 rings (SSSR count). The summed E-state index contributed by atoms with van der Waals surface area (Å²) >= 11 is 3.89. The highest BCUT2D eigenvalue weighted by atomic mass is 32.1. The first-order valence-corrected chi connectivity index (χ1v) is 28.8. The summed E-state index contributed by atoms with van der Waals surface area (Å²) in [5, 5.41) is 25.9. The molecule has 0 amide bonds. The molecule has 0 unspecified atom stereocenters. The Balaban J connectivity index is 1.01. The Kier molecular flexibility index (Phi) is 9.54. The van der Waals surface area contributed by atoms with E-state index in [0.29, 0.717) is 0 Å². The van der Waals surface area contributed by atoms with Crippen molar-refractivity contribution in [2.45, 2.75) is 13.3 Å². The van der Waals surface area contributed by atoms with Gasteiger partial charge in [-0.05, 0) is 156 Å². The van der Waals surface area contributed by atoms with Gasteiger partial charge < -0.3 is 0 Å². The lowest BCUT2D eigenvalue weighted by Gasteiger charge is -2.21. The first-order valence-electron chi connectivity index (χ1n) is 27.2. The highest BCUT2D eigenvalue weighted by Crippen LogP contribution is 2.56. The molecule has 15 aromatic carbocycles. The number of thiophene rings is 2. The summed E-state index contributed by atoms with van der Waals surface area (Å²) in [6.45, 7) is 2.29. The lowest BCUT2D eigenvalue weighted by molar-refractivity contribution is 1.18. The predicted octanol–water partition coefficient (Wildman–Crippen LogP) is 22.9. The van der Waals surface area contributed by atoms with Gasteiger partial charge in [-0.25, -0.2) is 0 Å². The second-order valence-corrected chi connectivity index (χ2v) is 23.2. The fourth-order valence-corrected chi connectivity index (χ4v) is 16.5. The zero-order chi connectivity index (χ0) is 51.2. The van der Waals surface area contributed by atoms with Crippen LogP contribution in [0.15, 0.2) is 249 Å². The Labute approximate surface area is 458 Å². The van der Waals surface area contributed by atoms with E-state index < -0.39 is 0 Å². The molecule has 0 saturated carbocycles. The molecule has 2 aromatic heterocycles. The summed E-state index contributed by atoms with van der Waals surface area (Å²) in [5.41, 5.74) is 11.6. The van der Waals surface area contributed by atoms with Crippen LogP contribution in [0.5, 0.6) is 0 Å². The number of rotatable bonds is 5. The minimum absolute atomic E-state index is 0.980. The lowest BCUT2D eigenvalue weighted by Crippen LogP contribution is -1.94. The van der Waals surface area contributed by atoms with E-state index in [0.717, 1.165) is 6.42 Å². The number of hydrogen-bond donors (Lipinski definition) is 0. The van der Waals surface area contributed by atoms with Crippen molar-refractivity contribution >= 4 is 149 Å². The smallest absolute Gasteiger partial charge is 0.0440 e. The molecule has 2 heteroatoms. The van der Waals surface area contributed by atoms with Crippen LogP contribution in [0.25, 0.3) is 171 Å². The molecule has 0 aliphatic rings. The maximum absolute atomic E-state index is 2.58. The Morgan fingerprint density at radius 2 is 0.667 bits per heavy atom. The van der Waals surface area contributed by atoms with Crippen LogP contribution in [0, 0.1) is 0 Å².